The number of hydrogen-bond acceptors (Lipinski definition) is 4. The van der Waals surface area contributed by atoms with Crippen LogP contribution in [0, 0.1) is 5.82 Å². The Kier molecular flexibility index (Phi) is 6.87. The average Bonchev–Trinajstić information content (AvgIpc) is 2.74. The molecule has 6 nitrogen and oxygen atoms in total. The minimum Gasteiger partial charge on any atom is -0.478 e. The van der Waals surface area contributed by atoms with Crippen molar-refractivity contribution < 1.29 is 35.9 Å². The van der Waals surface area contributed by atoms with Crippen molar-refractivity contribution in [3.63, 3.8) is 0 Å². The minimum absolute atomic E-state index is 0.184. The Balaban J connectivity index is 2.14. The van der Waals surface area contributed by atoms with Gasteiger partial charge in [0.25, 0.3) is 10.0 Å². The van der Waals surface area contributed by atoms with Crippen molar-refractivity contribution in [1.82, 2.24) is 4.98 Å². The zero-order valence-electron chi connectivity index (χ0n) is 16.1. The van der Waals surface area contributed by atoms with Crippen molar-refractivity contribution in [2.24, 2.45) is 0 Å². The van der Waals surface area contributed by atoms with Crippen LogP contribution >= 0.6 is 23.2 Å². The topological polar surface area (TPSA) is 87.6 Å². The molecule has 1 N–H and O–H groups in total. The van der Waals surface area contributed by atoms with Gasteiger partial charge in [0.1, 0.15) is 5.82 Å². The summed E-state index contributed by atoms with van der Waals surface area (Å²) in [4.78, 5) is 14.3. The van der Waals surface area contributed by atoms with E-state index in [1.54, 1.807) is 0 Å². The second kappa shape index (κ2) is 9.16. The van der Waals surface area contributed by atoms with Crippen molar-refractivity contribution in [2.45, 2.75) is 17.6 Å². The van der Waals surface area contributed by atoms with E-state index in [1.165, 1.54) is 6.07 Å². The lowest BCUT2D eigenvalue weighted by atomic mass is 10.2. The second-order valence-electron chi connectivity index (χ2n) is 6.62. The molecule has 2 aromatic carbocycles. The van der Waals surface area contributed by atoms with Gasteiger partial charge in [-0.05, 0) is 48.0 Å². The lowest BCUT2D eigenvalue weighted by Crippen LogP contribution is -2.32. The first-order valence-corrected chi connectivity index (χ1v) is 11.0. The van der Waals surface area contributed by atoms with E-state index in [2.05, 4.69) is 4.98 Å². The summed E-state index contributed by atoms with van der Waals surface area (Å²) in [5.41, 5.74) is -1.19. The van der Waals surface area contributed by atoms with Gasteiger partial charge in [-0.2, -0.15) is 13.2 Å². The number of hydrogen-bond donors (Lipinski definition) is 1. The molecular weight excluding hydrogens is 511 g/mol. The third kappa shape index (κ3) is 5.37. The van der Waals surface area contributed by atoms with Gasteiger partial charge in [0.15, 0.2) is 5.82 Å². The molecule has 0 amide bonds. The summed E-state index contributed by atoms with van der Waals surface area (Å²) in [7, 11) is -4.51. The van der Waals surface area contributed by atoms with Crippen LogP contribution in [0.3, 0.4) is 0 Å². The van der Waals surface area contributed by atoms with Crippen molar-refractivity contribution in [3.05, 3.63) is 87.3 Å². The number of aromatic carboxylic acids is 1. The Morgan fingerprint density at radius 2 is 1.67 bits per heavy atom. The number of carboxylic acids is 1. The predicted molar refractivity (Wildman–Crippen MR) is 112 cm³/mol. The number of rotatable bonds is 6. The first-order chi connectivity index (χ1) is 15.3. The Morgan fingerprint density at radius 1 is 1.03 bits per heavy atom. The molecule has 0 spiro atoms. The molecule has 13 heteroatoms. The summed E-state index contributed by atoms with van der Waals surface area (Å²) in [5.74, 6) is -2.57. The quantitative estimate of drug-likeness (QED) is 0.423. The number of carboxylic acid groups (broad SMARTS) is 1. The highest BCUT2D eigenvalue weighted by Gasteiger charge is 2.34. The lowest BCUT2D eigenvalue weighted by molar-refractivity contribution is -0.137. The lowest BCUT2D eigenvalue weighted by Gasteiger charge is -2.25. The van der Waals surface area contributed by atoms with Crippen LogP contribution in [0.5, 0.6) is 0 Å². The van der Waals surface area contributed by atoms with Crippen LogP contribution in [0.2, 0.25) is 10.0 Å². The molecule has 0 radical (unpaired) electrons. The van der Waals surface area contributed by atoms with Crippen LogP contribution in [0.4, 0.5) is 23.4 Å². The van der Waals surface area contributed by atoms with Crippen molar-refractivity contribution in [2.75, 3.05) is 4.31 Å². The molecule has 0 saturated carbocycles. The third-order valence-corrected chi connectivity index (χ3v) is 6.70. The Morgan fingerprint density at radius 3 is 2.18 bits per heavy atom. The number of alkyl halides is 3. The van der Waals surface area contributed by atoms with E-state index in [1.807, 2.05) is 0 Å². The standard InChI is InChI=1S/C20H12Cl2F4N2O4S/c21-15-7-11(1-6-17(15)23)10-28(18-16(22)8-13(9-27-18)20(24,25)26)33(31,32)14-4-2-12(3-5-14)19(29)30/h1-9H,10H2,(H,29,30). The van der Waals surface area contributed by atoms with Crippen molar-refractivity contribution in [1.29, 1.82) is 0 Å². The number of pyridine rings is 1. The molecule has 1 aromatic heterocycles. The average molecular weight is 523 g/mol. The SMILES string of the molecule is O=C(O)c1ccc(S(=O)(=O)N(Cc2ccc(F)c(Cl)c2)c2ncc(C(F)(F)F)cc2Cl)cc1. The zero-order valence-corrected chi connectivity index (χ0v) is 18.5. The van der Waals surface area contributed by atoms with Crippen LogP contribution in [-0.4, -0.2) is 24.5 Å². The van der Waals surface area contributed by atoms with Gasteiger partial charge >= 0.3 is 12.1 Å². The van der Waals surface area contributed by atoms with Crippen LogP contribution in [-0.2, 0) is 22.7 Å². The second-order valence-corrected chi connectivity index (χ2v) is 9.29. The first kappa shape index (κ1) is 24.7. The van der Waals surface area contributed by atoms with E-state index in [-0.39, 0.29) is 21.0 Å². The Hall–Kier alpha value is -2.89. The smallest absolute Gasteiger partial charge is 0.417 e. The van der Waals surface area contributed by atoms with Crippen molar-refractivity contribution >= 4 is 45.0 Å². The molecule has 3 aromatic rings. The summed E-state index contributed by atoms with van der Waals surface area (Å²) in [5, 5.41) is 8.10. The Labute approximate surface area is 195 Å². The maximum Gasteiger partial charge on any atom is 0.417 e. The normalized spacial score (nSPS) is 11.9. The molecule has 0 fully saturated rings. The van der Waals surface area contributed by atoms with E-state index in [0.717, 1.165) is 36.4 Å². The van der Waals surface area contributed by atoms with Crippen LogP contribution in [0.25, 0.3) is 0 Å². The summed E-state index contributed by atoms with van der Waals surface area (Å²) < 4.78 is 79.9. The summed E-state index contributed by atoms with van der Waals surface area (Å²) in [6.45, 7) is -0.513. The number of halogens is 6. The van der Waals surface area contributed by atoms with Crippen molar-refractivity contribution in [3.8, 4) is 0 Å². The van der Waals surface area contributed by atoms with Gasteiger partial charge in [-0.25, -0.2) is 26.9 Å². The molecular formula is C20H12Cl2F4N2O4S. The number of benzene rings is 2. The van der Waals surface area contributed by atoms with Gasteiger partial charge in [0, 0.05) is 6.20 Å². The van der Waals surface area contributed by atoms with E-state index >= 15 is 0 Å². The third-order valence-electron chi connectivity index (χ3n) is 4.38. The molecule has 174 valence electrons. The summed E-state index contributed by atoms with van der Waals surface area (Å²) in [6, 6.07) is 8.01. The zero-order chi connectivity index (χ0) is 24.6. The summed E-state index contributed by atoms with van der Waals surface area (Å²) in [6.07, 6.45) is -4.34. The first-order valence-electron chi connectivity index (χ1n) is 8.83. The van der Waals surface area contributed by atoms with E-state index in [9.17, 15) is 30.8 Å². The van der Waals surface area contributed by atoms with Gasteiger partial charge in [0.2, 0.25) is 0 Å². The molecule has 3 rings (SSSR count). The fourth-order valence-corrected chi connectivity index (χ4v) is 4.69. The highest BCUT2D eigenvalue weighted by molar-refractivity contribution is 7.92. The molecule has 0 aliphatic carbocycles. The van der Waals surface area contributed by atoms with Gasteiger partial charge < -0.3 is 5.11 Å². The van der Waals surface area contributed by atoms with Crippen LogP contribution < -0.4 is 4.31 Å². The molecule has 1 heterocycles. The highest BCUT2D eigenvalue weighted by Crippen LogP contribution is 2.36. The predicted octanol–water partition coefficient (Wildman–Crippen LogP) is 5.64. The van der Waals surface area contributed by atoms with E-state index in [4.69, 9.17) is 28.3 Å². The number of nitrogens with zero attached hydrogens (tertiary/aromatic N) is 2. The van der Waals surface area contributed by atoms with Gasteiger partial charge in [0.05, 0.1) is 32.6 Å². The van der Waals surface area contributed by atoms with Crippen LogP contribution in [0.1, 0.15) is 21.5 Å². The van der Waals surface area contributed by atoms with Gasteiger partial charge in [-0.3, -0.25) is 0 Å². The monoisotopic (exact) mass is 522 g/mol. The maximum absolute atomic E-state index is 13.5. The molecule has 0 saturated heterocycles. The molecule has 0 unspecified atom stereocenters. The van der Waals surface area contributed by atoms with Crippen LogP contribution in [0.15, 0.2) is 59.6 Å². The fraction of sp³-hybridized carbons (Fsp3) is 0.100. The Bertz CT molecular complexity index is 1320. The number of carbonyl (C=O) groups is 1. The molecule has 0 aliphatic heterocycles. The van der Waals surface area contributed by atoms with Gasteiger partial charge in [-0.15, -0.1) is 0 Å². The number of aromatic nitrogens is 1. The van der Waals surface area contributed by atoms with E-state index in [0.29, 0.717) is 16.6 Å². The molecule has 33 heavy (non-hydrogen) atoms. The fourth-order valence-electron chi connectivity index (χ4n) is 2.74. The minimum atomic E-state index is -4.77. The van der Waals surface area contributed by atoms with Gasteiger partial charge in [-0.1, -0.05) is 29.3 Å². The van der Waals surface area contributed by atoms with E-state index < -0.39 is 50.9 Å². The molecule has 0 aliphatic rings. The number of anilines is 1. The maximum atomic E-state index is 13.5. The largest absolute Gasteiger partial charge is 0.478 e. The molecule has 0 bridgehead atoms. The summed E-state index contributed by atoms with van der Waals surface area (Å²) >= 11 is 11.7. The molecule has 0 atom stereocenters. The highest BCUT2D eigenvalue weighted by atomic mass is 35.5. The number of sulfonamides is 1.